The van der Waals surface area contributed by atoms with Crippen LogP contribution >= 0.6 is 11.3 Å². The van der Waals surface area contributed by atoms with Gasteiger partial charge in [0.25, 0.3) is 0 Å². The van der Waals surface area contributed by atoms with E-state index in [4.69, 9.17) is 0 Å². The van der Waals surface area contributed by atoms with Crippen molar-refractivity contribution in [2.24, 2.45) is 0 Å². The van der Waals surface area contributed by atoms with E-state index in [0.717, 1.165) is 18.5 Å². The molecular formula is C13H12FNS. The van der Waals surface area contributed by atoms with Crippen LogP contribution in [0, 0.1) is 5.82 Å². The summed E-state index contributed by atoms with van der Waals surface area (Å²) in [5.41, 5.74) is 2.49. The fraction of sp³-hybridized carbons (Fsp3) is 0.231. The number of fused-ring (bicyclic) bond motifs is 1. The molecule has 0 amide bonds. The fourth-order valence-electron chi connectivity index (χ4n) is 2.20. The Morgan fingerprint density at radius 1 is 1.19 bits per heavy atom. The quantitative estimate of drug-likeness (QED) is 0.798. The molecule has 16 heavy (non-hydrogen) atoms. The maximum atomic E-state index is 12.9. The van der Waals surface area contributed by atoms with E-state index in [1.165, 1.54) is 22.6 Å². The van der Waals surface area contributed by atoms with E-state index in [9.17, 15) is 4.39 Å². The second-order valence-electron chi connectivity index (χ2n) is 3.99. The average molecular weight is 233 g/mol. The maximum Gasteiger partial charge on any atom is 0.123 e. The van der Waals surface area contributed by atoms with Crippen molar-refractivity contribution in [2.75, 3.05) is 6.54 Å². The summed E-state index contributed by atoms with van der Waals surface area (Å²) in [5, 5.41) is 5.61. The highest BCUT2D eigenvalue weighted by atomic mass is 32.1. The van der Waals surface area contributed by atoms with Gasteiger partial charge in [-0.3, -0.25) is 0 Å². The van der Waals surface area contributed by atoms with E-state index in [2.05, 4.69) is 16.8 Å². The summed E-state index contributed by atoms with van der Waals surface area (Å²) in [6, 6.07) is 9.17. The molecule has 1 aromatic carbocycles. The molecule has 3 heteroatoms. The van der Waals surface area contributed by atoms with Gasteiger partial charge in [-0.2, -0.15) is 0 Å². The lowest BCUT2D eigenvalue weighted by Crippen LogP contribution is -2.29. The van der Waals surface area contributed by atoms with E-state index < -0.39 is 0 Å². The van der Waals surface area contributed by atoms with Crippen molar-refractivity contribution in [1.82, 2.24) is 5.32 Å². The fourth-order valence-corrected chi connectivity index (χ4v) is 3.12. The third kappa shape index (κ3) is 1.66. The van der Waals surface area contributed by atoms with Crippen LogP contribution in [0.5, 0.6) is 0 Å². The van der Waals surface area contributed by atoms with Crippen LogP contribution in [0.2, 0.25) is 0 Å². The number of rotatable bonds is 1. The topological polar surface area (TPSA) is 12.0 Å². The highest BCUT2D eigenvalue weighted by Crippen LogP contribution is 2.31. The third-order valence-electron chi connectivity index (χ3n) is 2.99. The summed E-state index contributed by atoms with van der Waals surface area (Å²) in [4.78, 5) is 1.45. The number of hydrogen-bond donors (Lipinski definition) is 1. The van der Waals surface area contributed by atoms with Gasteiger partial charge in [0.15, 0.2) is 0 Å². The van der Waals surface area contributed by atoms with Crippen molar-refractivity contribution in [1.29, 1.82) is 0 Å². The second kappa shape index (κ2) is 4.00. The van der Waals surface area contributed by atoms with Crippen molar-refractivity contribution in [3.8, 4) is 0 Å². The normalized spacial score (nSPS) is 19.4. The predicted molar refractivity (Wildman–Crippen MR) is 64.3 cm³/mol. The molecule has 1 nitrogen and oxygen atoms in total. The van der Waals surface area contributed by atoms with Gasteiger partial charge in [-0.15, -0.1) is 11.3 Å². The molecule has 1 aliphatic heterocycles. The molecule has 0 bridgehead atoms. The monoisotopic (exact) mass is 233 g/mol. The van der Waals surface area contributed by atoms with Gasteiger partial charge in [0.2, 0.25) is 0 Å². The number of hydrogen-bond acceptors (Lipinski definition) is 2. The van der Waals surface area contributed by atoms with Gasteiger partial charge in [0, 0.05) is 11.4 Å². The van der Waals surface area contributed by atoms with Crippen LogP contribution in [-0.4, -0.2) is 6.54 Å². The van der Waals surface area contributed by atoms with Crippen LogP contribution in [0.15, 0.2) is 35.7 Å². The lowest BCUT2D eigenvalue weighted by atomic mass is 9.95. The smallest absolute Gasteiger partial charge is 0.123 e. The predicted octanol–water partition coefficient (Wildman–Crippen LogP) is 3.12. The minimum Gasteiger partial charge on any atom is -0.306 e. The zero-order valence-corrected chi connectivity index (χ0v) is 9.56. The summed E-state index contributed by atoms with van der Waals surface area (Å²) < 4.78 is 12.9. The summed E-state index contributed by atoms with van der Waals surface area (Å²) in [7, 11) is 0. The van der Waals surface area contributed by atoms with Crippen LogP contribution in [0.4, 0.5) is 4.39 Å². The Kier molecular flexibility index (Phi) is 2.50. The molecule has 82 valence electrons. The van der Waals surface area contributed by atoms with E-state index in [-0.39, 0.29) is 11.9 Å². The minimum absolute atomic E-state index is 0.176. The first kappa shape index (κ1) is 10.00. The highest BCUT2D eigenvalue weighted by Gasteiger charge is 2.21. The average Bonchev–Trinajstić information content (AvgIpc) is 2.78. The maximum absolute atomic E-state index is 12.9. The molecule has 1 aromatic heterocycles. The van der Waals surface area contributed by atoms with Crippen LogP contribution in [0.3, 0.4) is 0 Å². The molecule has 3 rings (SSSR count). The molecule has 2 aromatic rings. The van der Waals surface area contributed by atoms with Gasteiger partial charge in [-0.1, -0.05) is 12.1 Å². The van der Waals surface area contributed by atoms with Crippen LogP contribution in [0.25, 0.3) is 0 Å². The lowest BCUT2D eigenvalue weighted by molar-refractivity contribution is 0.571. The van der Waals surface area contributed by atoms with Crippen LogP contribution in [-0.2, 0) is 6.42 Å². The molecule has 1 N–H and O–H groups in total. The first-order valence-electron chi connectivity index (χ1n) is 5.40. The zero-order valence-electron chi connectivity index (χ0n) is 8.74. The molecule has 0 fully saturated rings. The summed E-state index contributed by atoms with van der Waals surface area (Å²) >= 11 is 1.81. The van der Waals surface area contributed by atoms with Crippen molar-refractivity contribution >= 4 is 11.3 Å². The zero-order chi connectivity index (χ0) is 11.0. The SMILES string of the molecule is Fc1ccc([C@H]2NCCc3sccc32)cc1. The molecule has 0 unspecified atom stereocenters. The Labute approximate surface area is 97.9 Å². The second-order valence-corrected chi connectivity index (χ2v) is 4.99. The number of halogens is 1. The van der Waals surface area contributed by atoms with E-state index in [1.807, 2.05) is 23.5 Å². The van der Waals surface area contributed by atoms with Crippen molar-refractivity contribution < 1.29 is 4.39 Å². The first-order chi connectivity index (χ1) is 7.84. The van der Waals surface area contributed by atoms with Crippen LogP contribution < -0.4 is 5.32 Å². The number of nitrogens with one attached hydrogen (secondary N) is 1. The van der Waals surface area contributed by atoms with E-state index >= 15 is 0 Å². The summed E-state index contributed by atoms with van der Waals surface area (Å²) in [5.74, 6) is -0.176. The molecule has 1 aliphatic rings. The lowest BCUT2D eigenvalue weighted by Gasteiger charge is -2.24. The Balaban J connectivity index is 2.00. The molecule has 0 radical (unpaired) electrons. The van der Waals surface area contributed by atoms with Gasteiger partial charge in [0.1, 0.15) is 5.82 Å². The standard InChI is InChI=1S/C13H12FNS/c14-10-3-1-9(2-4-10)13-11-6-8-16-12(11)5-7-15-13/h1-4,6,8,13,15H,5,7H2/t13-/m1/s1. The van der Waals surface area contributed by atoms with Crippen LogP contribution in [0.1, 0.15) is 22.0 Å². The Bertz CT molecular complexity index is 489. The third-order valence-corrected chi connectivity index (χ3v) is 3.99. The summed E-state index contributed by atoms with van der Waals surface area (Å²) in [6.45, 7) is 0.996. The van der Waals surface area contributed by atoms with Gasteiger partial charge in [-0.05, 0) is 41.1 Å². The molecule has 0 spiro atoms. The molecule has 0 saturated heterocycles. The highest BCUT2D eigenvalue weighted by molar-refractivity contribution is 7.10. The molecule has 2 heterocycles. The largest absolute Gasteiger partial charge is 0.306 e. The van der Waals surface area contributed by atoms with Gasteiger partial charge in [0.05, 0.1) is 6.04 Å². The minimum atomic E-state index is -0.176. The molecule has 0 aliphatic carbocycles. The Morgan fingerprint density at radius 3 is 2.81 bits per heavy atom. The van der Waals surface area contributed by atoms with Gasteiger partial charge >= 0.3 is 0 Å². The van der Waals surface area contributed by atoms with Crippen molar-refractivity contribution in [3.05, 3.63) is 57.5 Å². The molecule has 1 atom stereocenters. The molecule has 0 saturated carbocycles. The number of thiophene rings is 1. The van der Waals surface area contributed by atoms with Crippen molar-refractivity contribution in [2.45, 2.75) is 12.5 Å². The summed E-state index contributed by atoms with van der Waals surface area (Å²) in [6.07, 6.45) is 1.10. The van der Waals surface area contributed by atoms with Gasteiger partial charge in [-0.25, -0.2) is 4.39 Å². The number of benzene rings is 1. The first-order valence-corrected chi connectivity index (χ1v) is 6.27. The van der Waals surface area contributed by atoms with E-state index in [1.54, 1.807) is 0 Å². The molecular weight excluding hydrogens is 221 g/mol. The van der Waals surface area contributed by atoms with Crippen molar-refractivity contribution in [3.63, 3.8) is 0 Å². The Morgan fingerprint density at radius 2 is 2.00 bits per heavy atom. The Hall–Kier alpha value is -1.19. The van der Waals surface area contributed by atoms with Gasteiger partial charge < -0.3 is 5.32 Å². The van der Waals surface area contributed by atoms with E-state index in [0.29, 0.717) is 0 Å².